The molecule has 108 valence electrons. The molecule has 0 amide bonds. The van der Waals surface area contributed by atoms with E-state index in [1.807, 2.05) is 19.0 Å². The molecule has 3 aromatic rings. The zero-order valence-corrected chi connectivity index (χ0v) is 12.6. The minimum absolute atomic E-state index is 0.0307. The molecule has 0 N–H and O–H groups in total. The number of hydrogen-bond acceptors (Lipinski definition) is 5. The molecule has 0 aliphatic heterocycles. The number of hydrogen-bond donors (Lipinski definition) is 0. The Morgan fingerprint density at radius 3 is 2.57 bits per heavy atom. The van der Waals surface area contributed by atoms with Crippen LogP contribution in [-0.2, 0) is 0 Å². The lowest BCUT2D eigenvalue weighted by Gasteiger charge is -2.05. The number of fused-ring (bicyclic) bond motifs is 1. The fraction of sp³-hybridized carbons (Fsp3) is 0.154. The summed E-state index contributed by atoms with van der Waals surface area (Å²) in [6, 6.07) is 3.32. The van der Waals surface area contributed by atoms with Crippen LogP contribution in [0.4, 0.5) is 13.9 Å². The number of thiazole rings is 1. The van der Waals surface area contributed by atoms with Gasteiger partial charge in [-0.05, 0) is 23.7 Å². The van der Waals surface area contributed by atoms with Gasteiger partial charge in [0.25, 0.3) is 0 Å². The Labute approximate surface area is 128 Å². The zero-order valence-electron chi connectivity index (χ0n) is 11.1. The molecule has 0 saturated heterocycles. The molecule has 8 heteroatoms. The summed E-state index contributed by atoms with van der Waals surface area (Å²) in [4.78, 5) is 14.3. The highest BCUT2D eigenvalue weighted by Gasteiger charge is 2.18. The normalized spacial score (nSPS) is 11.1. The standard InChI is InChI=1S/C13H9ClF2N4S/c1-20(2)13-19-11-10(21-13)9(17-12(14)18-11)7-4-3-6(15)5-8(7)16/h3-5H,1-2H3. The second-order valence-corrected chi connectivity index (χ2v) is 5.82. The van der Waals surface area contributed by atoms with Crippen LogP contribution in [0.15, 0.2) is 18.2 Å². The molecule has 2 heterocycles. The summed E-state index contributed by atoms with van der Waals surface area (Å²) < 4.78 is 27.6. The van der Waals surface area contributed by atoms with Crippen molar-refractivity contribution in [3.05, 3.63) is 35.1 Å². The van der Waals surface area contributed by atoms with Crippen LogP contribution in [0.5, 0.6) is 0 Å². The van der Waals surface area contributed by atoms with E-state index in [1.165, 1.54) is 23.5 Å². The zero-order chi connectivity index (χ0) is 15.1. The van der Waals surface area contributed by atoms with Gasteiger partial charge in [0.05, 0.1) is 5.69 Å². The SMILES string of the molecule is CN(C)c1nc2nc(Cl)nc(-c3ccc(F)cc3F)c2s1. The van der Waals surface area contributed by atoms with Crippen LogP contribution in [0.1, 0.15) is 0 Å². The summed E-state index contributed by atoms with van der Waals surface area (Å²) in [6.45, 7) is 0. The highest BCUT2D eigenvalue weighted by Crippen LogP contribution is 2.35. The van der Waals surface area contributed by atoms with Crippen molar-refractivity contribution in [3.8, 4) is 11.3 Å². The van der Waals surface area contributed by atoms with E-state index in [0.717, 1.165) is 6.07 Å². The molecule has 0 aliphatic rings. The summed E-state index contributed by atoms with van der Waals surface area (Å²) in [7, 11) is 3.68. The molecule has 0 atom stereocenters. The lowest BCUT2D eigenvalue weighted by atomic mass is 10.1. The van der Waals surface area contributed by atoms with E-state index >= 15 is 0 Å². The van der Waals surface area contributed by atoms with Crippen LogP contribution in [0, 0.1) is 11.6 Å². The van der Waals surface area contributed by atoms with E-state index in [4.69, 9.17) is 11.6 Å². The monoisotopic (exact) mass is 326 g/mol. The molecule has 0 saturated carbocycles. The lowest BCUT2D eigenvalue weighted by Crippen LogP contribution is -2.07. The summed E-state index contributed by atoms with van der Waals surface area (Å²) in [5.74, 6) is -1.35. The Morgan fingerprint density at radius 1 is 1.14 bits per heavy atom. The molecule has 0 fully saturated rings. The van der Waals surface area contributed by atoms with Gasteiger partial charge in [0.15, 0.2) is 10.8 Å². The van der Waals surface area contributed by atoms with Crippen LogP contribution >= 0.6 is 22.9 Å². The number of benzene rings is 1. The molecule has 0 spiro atoms. The summed E-state index contributed by atoms with van der Waals surface area (Å²) in [5, 5.41) is 0.669. The van der Waals surface area contributed by atoms with Gasteiger partial charge in [-0.1, -0.05) is 11.3 Å². The van der Waals surface area contributed by atoms with Gasteiger partial charge in [-0.3, -0.25) is 0 Å². The van der Waals surface area contributed by atoms with Crippen molar-refractivity contribution >= 4 is 38.4 Å². The van der Waals surface area contributed by atoms with Gasteiger partial charge < -0.3 is 4.90 Å². The van der Waals surface area contributed by atoms with Crippen LogP contribution < -0.4 is 4.90 Å². The third kappa shape index (κ3) is 2.54. The average molecular weight is 327 g/mol. The van der Waals surface area contributed by atoms with Gasteiger partial charge in [0.1, 0.15) is 16.3 Å². The first kappa shape index (κ1) is 14.1. The molecule has 0 unspecified atom stereocenters. The maximum atomic E-state index is 14.0. The Kier molecular flexibility index (Phi) is 3.46. The van der Waals surface area contributed by atoms with Crippen LogP contribution in [-0.4, -0.2) is 29.0 Å². The Morgan fingerprint density at radius 2 is 1.90 bits per heavy atom. The van der Waals surface area contributed by atoms with Crippen molar-refractivity contribution in [1.29, 1.82) is 0 Å². The first-order chi connectivity index (χ1) is 9.95. The fourth-order valence-corrected chi connectivity index (χ4v) is 2.94. The molecule has 0 bridgehead atoms. The number of halogens is 3. The summed E-state index contributed by atoms with van der Waals surface area (Å²) >= 11 is 7.20. The van der Waals surface area contributed by atoms with E-state index in [0.29, 0.717) is 21.2 Å². The third-order valence-corrected chi connectivity index (χ3v) is 4.17. The van der Waals surface area contributed by atoms with Crippen LogP contribution in [0.3, 0.4) is 0 Å². The quantitative estimate of drug-likeness (QED) is 0.673. The molecule has 3 rings (SSSR count). The molecule has 4 nitrogen and oxygen atoms in total. The molecular formula is C13H9ClF2N4S. The van der Waals surface area contributed by atoms with Crippen molar-refractivity contribution in [2.45, 2.75) is 0 Å². The molecule has 21 heavy (non-hydrogen) atoms. The van der Waals surface area contributed by atoms with Gasteiger partial charge >= 0.3 is 0 Å². The second kappa shape index (κ2) is 5.16. The van der Waals surface area contributed by atoms with Gasteiger partial charge in [0.2, 0.25) is 5.28 Å². The largest absolute Gasteiger partial charge is 0.354 e. The predicted octanol–water partition coefficient (Wildman–Crippen LogP) is 3.75. The Bertz CT molecular complexity index is 834. The van der Waals surface area contributed by atoms with E-state index in [1.54, 1.807) is 0 Å². The van der Waals surface area contributed by atoms with Crippen molar-refractivity contribution in [2.75, 3.05) is 19.0 Å². The maximum Gasteiger partial charge on any atom is 0.225 e. The molecule has 0 aliphatic carbocycles. The average Bonchev–Trinajstić information content (AvgIpc) is 2.82. The third-order valence-electron chi connectivity index (χ3n) is 2.78. The van der Waals surface area contributed by atoms with Crippen LogP contribution in [0.25, 0.3) is 21.6 Å². The summed E-state index contributed by atoms with van der Waals surface area (Å²) in [6.07, 6.45) is 0. The number of anilines is 1. The summed E-state index contributed by atoms with van der Waals surface area (Å²) in [5.41, 5.74) is 0.871. The second-order valence-electron chi connectivity index (χ2n) is 4.51. The first-order valence-corrected chi connectivity index (χ1v) is 7.12. The maximum absolute atomic E-state index is 14.0. The highest BCUT2D eigenvalue weighted by atomic mass is 35.5. The minimum atomic E-state index is -0.703. The van der Waals surface area contributed by atoms with E-state index in [-0.39, 0.29) is 10.8 Å². The fourth-order valence-electron chi connectivity index (χ4n) is 1.84. The number of aromatic nitrogens is 3. The van der Waals surface area contributed by atoms with Gasteiger partial charge in [-0.15, -0.1) is 0 Å². The minimum Gasteiger partial charge on any atom is -0.354 e. The van der Waals surface area contributed by atoms with Crippen LogP contribution in [0.2, 0.25) is 5.28 Å². The van der Waals surface area contributed by atoms with Crippen molar-refractivity contribution in [1.82, 2.24) is 15.0 Å². The molecule has 1 aromatic carbocycles. The van der Waals surface area contributed by atoms with Crippen molar-refractivity contribution < 1.29 is 8.78 Å². The van der Waals surface area contributed by atoms with Gasteiger partial charge in [-0.2, -0.15) is 9.97 Å². The van der Waals surface area contributed by atoms with Gasteiger partial charge in [-0.25, -0.2) is 13.8 Å². The highest BCUT2D eigenvalue weighted by molar-refractivity contribution is 7.22. The van der Waals surface area contributed by atoms with Gasteiger partial charge in [0, 0.05) is 25.7 Å². The van der Waals surface area contributed by atoms with Crippen molar-refractivity contribution in [3.63, 3.8) is 0 Å². The molecule has 2 aromatic heterocycles. The first-order valence-electron chi connectivity index (χ1n) is 5.92. The van der Waals surface area contributed by atoms with Crippen molar-refractivity contribution in [2.24, 2.45) is 0 Å². The number of nitrogens with zero attached hydrogens (tertiary/aromatic N) is 4. The smallest absolute Gasteiger partial charge is 0.225 e. The predicted molar refractivity (Wildman–Crippen MR) is 79.9 cm³/mol. The molecule has 0 radical (unpaired) electrons. The van der Waals surface area contributed by atoms with E-state index < -0.39 is 11.6 Å². The lowest BCUT2D eigenvalue weighted by molar-refractivity contribution is 0.585. The molecular weight excluding hydrogens is 318 g/mol. The van der Waals surface area contributed by atoms with E-state index in [2.05, 4.69) is 15.0 Å². The van der Waals surface area contributed by atoms with E-state index in [9.17, 15) is 8.78 Å². The Hall–Kier alpha value is -1.86. The Balaban J connectivity index is 2.30. The topological polar surface area (TPSA) is 41.9 Å². The number of rotatable bonds is 2.